The first kappa shape index (κ1) is 7.61. The fourth-order valence-electron chi connectivity index (χ4n) is 1.20. The summed E-state index contributed by atoms with van der Waals surface area (Å²) < 4.78 is 2.70. The predicted molar refractivity (Wildman–Crippen MR) is 52.8 cm³/mol. The van der Waals surface area contributed by atoms with Crippen LogP contribution in [-0.4, -0.2) is 9.78 Å². The van der Waals surface area contributed by atoms with Crippen LogP contribution in [0.5, 0.6) is 0 Å². The third-order valence-corrected chi connectivity index (χ3v) is 2.65. The van der Waals surface area contributed by atoms with Crippen molar-refractivity contribution in [1.82, 2.24) is 9.78 Å². The number of benzene rings is 1. The lowest BCUT2D eigenvalue weighted by Gasteiger charge is -1.96. The topological polar surface area (TPSA) is 43.8 Å². The molecule has 1 aromatic carbocycles. The van der Waals surface area contributed by atoms with Crippen molar-refractivity contribution in [1.29, 1.82) is 0 Å². The minimum atomic E-state index is 0.746. The zero-order valence-corrected chi connectivity index (χ0v) is 8.17. The second-order valence-electron chi connectivity index (χ2n) is 2.70. The molecule has 12 heavy (non-hydrogen) atoms. The van der Waals surface area contributed by atoms with E-state index in [0.29, 0.717) is 0 Å². The number of anilines is 1. The monoisotopic (exact) mass is 225 g/mol. The van der Waals surface area contributed by atoms with Gasteiger partial charge in [0.2, 0.25) is 0 Å². The van der Waals surface area contributed by atoms with Crippen molar-refractivity contribution < 1.29 is 0 Å². The molecule has 0 saturated heterocycles. The van der Waals surface area contributed by atoms with E-state index in [-0.39, 0.29) is 0 Å². The van der Waals surface area contributed by atoms with Crippen LogP contribution in [0.2, 0.25) is 0 Å². The van der Waals surface area contributed by atoms with Gasteiger partial charge in [-0.3, -0.25) is 4.68 Å². The Labute approximate surface area is 78.3 Å². The van der Waals surface area contributed by atoms with Gasteiger partial charge in [-0.25, -0.2) is 0 Å². The molecule has 1 heterocycles. The molecular formula is C8H8BrN3. The molecule has 3 nitrogen and oxygen atoms in total. The molecule has 1 aromatic heterocycles. The molecule has 62 valence electrons. The Morgan fingerprint density at radius 1 is 1.50 bits per heavy atom. The molecule has 0 spiro atoms. The van der Waals surface area contributed by atoms with E-state index in [9.17, 15) is 0 Å². The molecule has 0 aliphatic heterocycles. The van der Waals surface area contributed by atoms with Crippen LogP contribution >= 0.6 is 15.9 Å². The first-order chi connectivity index (χ1) is 5.68. The van der Waals surface area contributed by atoms with Crippen LogP contribution in [0.1, 0.15) is 0 Å². The van der Waals surface area contributed by atoms with Gasteiger partial charge < -0.3 is 5.73 Å². The molecule has 2 N–H and O–H groups in total. The number of nitrogens with zero attached hydrogens (tertiary/aromatic N) is 2. The Kier molecular flexibility index (Phi) is 1.58. The van der Waals surface area contributed by atoms with Crippen LogP contribution in [0.3, 0.4) is 0 Å². The lowest BCUT2D eigenvalue weighted by atomic mass is 10.2. The quantitative estimate of drug-likeness (QED) is 0.697. The van der Waals surface area contributed by atoms with Gasteiger partial charge in [0.25, 0.3) is 0 Å². The molecule has 0 fully saturated rings. The van der Waals surface area contributed by atoms with Gasteiger partial charge in [0, 0.05) is 24.3 Å². The van der Waals surface area contributed by atoms with Crippen molar-refractivity contribution in [3.05, 3.63) is 22.8 Å². The first-order valence-corrected chi connectivity index (χ1v) is 4.35. The number of halogens is 1. The maximum Gasteiger partial charge on any atom is 0.0936 e. The fraction of sp³-hybridized carbons (Fsp3) is 0.125. The standard InChI is InChI=1S/C8H8BrN3/c1-12-4-5-7(11-12)3-2-6(10)8(5)9/h2-4H,10H2,1H3. The summed E-state index contributed by atoms with van der Waals surface area (Å²) in [6.45, 7) is 0. The van der Waals surface area contributed by atoms with Crippen molar-refractivity contribution in [2.75, 3.05) is 5.73 Å². The van der Waals surface area contributed by atoms with Gasteiger partial charge in [-0.15, -0.1) is 0 Å². The molecule has 0 atom stereocenters. The van der Waals surface area contributed by atoms with Gasteiger partial charge in [-0.1, -0.05) is 0 Å². The normalized spacial score (nSPS) is 10.8. The van der Waals surface area contributed by atoms with Crippen molar-refractivity contribution >= 4 is 32.5 Å². The molecule has 4 heteroatoms. The number of hydrogen-bond acceptors (Lipinski definition) is 2. The van der Waals surface area contributed by atoms with Crippen LogP contribution in [0.4, 0.5) is 5.69 Å². The van der Waals surface area contributed by atoms with Crippen LogP contribution in [0, 0.1) is 0 Å². The predicted octanol–water partition coefficient (Wildman–Crippen LogP) is 1.92. The summed E-state index contributed by atoms with van der Waals surface area (Å²) in [6, 6.07) is 3.76. The van der Waals surface area contributed by atoms with Crippen LogP contribution in [0.25, 0.3) is 10.9 Å². The molecule has 0 aliphatic rings. The lowest BCUT2D eigenvalue weighted by Crippen LogP contribution is -1.85. The van der Waals surface area contributed by atoms with E-state index in [1.165, 1.54) is 0 Å². The highest BCUT2D eigenvalue weighted by molar-refractivity contribution is 9.10. The Hall–Kier alpha value is -1.03. The minimum absolute atomic E-state index is 0.746. The van der Waals surface area contributed by atoms with E-state index in [4.69, 9.17) is 5.73 Å². The maximum absolute atomic E-state index is 5.71. The van der Waals surface area contributed by atoms with Gasteiger partial charge in [-0.05, 0) is 28.1 Å². The molecular weight excluding hydrogens is 218 g/mol. The number of rotatable bonds is 0. The summed E-state index contributed by atoms with van der Waals surface area (Å²) in [4.78, 5) is 0. The Morgan fingerprint density at radius 3 is 3.00 bits per heavy atom. The summed E-state index contributed by atoms with van der Waals surface area (Å²) >= 11 is 3.42. The molecule has 0 amide bonds. The largest absolute Gasteiger partial charge is 0.398 e. The van der Waals surface area contributed by atoms with Gasteiger partial charge in [0.15, 0.2) is 0 Å². The van der Waals surface area contributed by atoms with E-state index < -0.39 is 0 Å². The summed E-state index contributed by atoms with van der Waals surface area (Å²) in [5.41, 5.74) is 7.41. The highest BCUT2D eigenvalue weighted by atomic mass is 79.9. The van der Waals surface area contributed by atoms with Crippen LogP contribution in [0.15, 0.2) is 22.8 Å². The van der Waals surface area contributed by atoms with Crippen molar-refractivity contribution in [2.24, 2.45) is 7.05 Å². The number of nitrogen functional groups attached to an aromatic ring is 1. The Morgan fingerprint density at radius 2 is 2.25 bits per heavy atom. The molecule has 0 unspecified atom stereocenters. The van der Waals surface area contributed by atoms with E-state index in [1.54, 1.807) is 4.68 Å². The van der Waals surface area contributed by atoms with E-state index >= 15 is 0 Å². The van der Waals surface area contributed by atoms with Crippen molar-refractivity contribution in [2.45, 2.75) is 0 Å². The van der Waals surface area contributed by atoms with E-state index in [1.807, 2.05) is 25.4 Å². The van der Waals surface area contributed by atoms with Gasteiger partial charge in [0.1, 0.15) is 0 Å². The zero-order valence-electron chi connectivity index (χ0n) is 6.58. The third-order valence-electron chi connectivity index (χ3n) is 1.77. The lowest BCUT2D eigenvalue weighted by molar-refractivity contribution is 0.779. The zero-order chi connectivity index (χ0) is 8.72. The SMILES string of the molecule is Cn1cc2c(Br)c(N)ccc2n1. The number of nitrogens with two attached hydrogens (primary N) is 1. The van der Waals surface area contributed by atoms with E-state index in [0.717, 1.165) is 21.1 Å². The summed E-state index contributed by atoms with van der Waals surface area (Å²) in [5, 5.41) is 5.30. The van der Waals surface area contributed by atoms with Crippen molar-refractivity contribution in [3.8, 4) is 0 Å². The molecule has 0 saturated carbocycles. The maximum atomic E-state index is 5.71. The van der Waals surface area contributed by atoms with Crippen LogP contribution < -0.4 is 5.73 Å². The Bertz CT molecular complexity index is 433. The molecule has 0 radical (unpaired) electrons. The minimum Gasteiger partial charge on any atom is -0.398 e. The van der Waals surface area contributed by atoms with Gasteiger partial charge in [-0.2, -0.15) is 5.10 Å². The number of fused-ring (bicyclic) bond motifs is 1. The van der Waals surface area contributed by atoms with Crippen LogP contribution in [-0.2, 0) is 7.05 Å². The molecule has 0 aliphatic carbocycles. The summed E-state index contributed by atoms with van der Waals surface area (Å²) in [7, 11) is 1.89. The number of aryl methyl sites for hydroxylation is 1. The summed E-state index contributed by atoms with van der Waals surface area (Å²) in [6.07, 6.45) is 1.94. The number of aromatic nitrogens is 2. The smallest absolute Gasteiger partial charge is 0.0936 e. The highest BCUT2D eigenvalue weighted by Gasteiger charge is 2.04. The number of hydrogen-bond donors (Lipinski definition) is 1. The van der Waals surface area contributed by atoms with E-state index in [2.05, 4.69) is 21.0 Å². The highest BCUT2D eigenvalue weighted by Crippen LogP contribution is 2.28. The molecule has 2 aromatic rings. The average Bonchev–Trinajstić information content (AvgIpc) is 2.39. The second kappa shape index (κ2) is 2.48. The van der Waals surface area contributed by atoms with Gasteiger partial charge >= 0.3 is 0 Å². The van der Waals surface area contributed by atoms with Crippen molar-refractivity contribution in [3.63, 3.8) is 0 Å². The average molecular weight is 226 g/mol. The Balaban J connectivity index is 2.89. The third kappa shape index (κ3) is 0.992. The molecule has 2 rings (SSSR count). The summed E-state index contributed by atoms with van der Waals surface area (Å²) in [5.74, 6) is 0. The molecule has 0 bridgehead atoms. The fourth-order valence-corrected chi connectivity index (χ4v) is 1.63. The first-order valence-electron chi connectivity index (χ1n) is 3.56. The van der Waals surface area contributed by atoms with Gasteiger partial charge in [0.05, 0.1) is 9.99 Å². The second-order valence-corrected chi connectivity index (χ2v) is 3.50.